The number of fused-ring (bicyclic) bond motifs is 6. The van der Waals surface area contributed by atoms with Crippen molar-refractivity contribution in [3.63, 3.8) is 0 Å². The van der Waals surface area contributed by atoms with Gasteiger partial charge in [-0.15, -0.1) is 0 Å². The number of likely N-dealkylation sites (tertiary alicyclic amines) is 1. The Kier molecular flexibility index (Phi) is 5.03. The SMILES string of the molecule is CO[C@H]1CC[C@@]2(C)C(=CC[C@H]3[C@H]4CC[C@]5(C[NH+](C)C6(CC[NH+](C)CC6)O5)[C@@]4(C)CC[C@@H]32)C1. The minimum atomic E-state index is 0.0956. The second-order valence-electron chi connectivity index (χ2n) is 13.4. The van der Waals surface area contributed by atoms with E-state index >= 15 is 0 Å². The molecule has 0 aromatic rings. The Bertz CT molecular complexity index is 788. The zero-order chi connectivity index (χ0) is 22.4. The molecule has 4 aliphatic carbocycles. The minimum Gasteiger partial charge on any atom is -0.381 e. The van der Waals surface area contributed by atoms with Crippen LogP contribution in [0.15, 0.2) is 11.6 Å². The first kappa shape index (κ1) is 22.1. The lowest BCUT2D eigenvalue weighted by Crippen LogP contribution is -3.20. The number of methoxy groups -OCH3 is 1. The van der Waals surface area contributed by atoms with Gasteiger partial charge in [0.25, 0.3) is 0 Å². The molecule has 2 N–H and O–H groups in total. The number of likely N-dealkylation sites (N-methyl/N-ethyl adjacent to an activating group) is 1. The highest BCUT2D eigenvalue weighted by molar-refractivity contribution is 5.26. The molecule has 0 bridgehead atoms. The molecule has 0 aromatic heterocycles. The molecule has 6 aliphatic rings. The fraction of sp³-hybridized carbons (Fsp3) is 0.929. The molecule has 180 valence electrons. The van der Waals surface area contributed by atoms with Crippen LogP contribution in [-0.2, 0) is 9.47 Å². The number of piperidine rings is 1. The molecule has 8 atom stereocenters. The Morgan fingerprint density at radius 3 is 2.47 bits per heavy atom. The zero-order valence-electron chi connectivity index (χ0n) is 21.4. The zero-order valence-corrected chi connectivity index (χ0v) is 21.4. The Morgan fingerprint density at radius 2 is 1.72 bits per heavy atom. The predicted octanol–water partition coefficient (Wildman–Crippen LogP) is 2.25. The predicted molar refractivity (Wildman–Crippen MR) is 127 cm³/mol. The van der Waals surface area contributed by atoms with Crippen LogP contribution in [0.1, 0.15) is 78.1 Å². The van der Waals surface area contributed by atoms with Crippen LogP contribution in [-0.4, -0.2) is 58.3 Å². The third-order valence-electron chi connectivity index (χ3n) is 12.3. The van der Waals surface area contributed by atoms with Gasteiger partial charge in [-0.05, 0) is 74.5 Å². The lowest BCUT2D eigenvalue weighted by atomic mass is 9.47. The maximum absolute atomic E-state index is 7.43. The molecular formula is C28H48N2O2+2. The number of rotatable bonds is 1. The van der Waals surface area contributed by atoms with Gasteiger partial charge in [0.2, 0.25) is 5.72 Å². The van der Waals surface area contributed by atoms with Gasteiger partial charge in [0.05, 0.1) is 46.1 Å². The highest BCUT2D eigenvalue weighted by Gasteiger charge is 2.71. The van der Waals surface area contributed by atoms with Gasteiger partial charge in [-0.25, -0.2) is 0 Å². The standard InChI is InChI=1S/C28H46N2O2/c1-25-11-8-21(31-5)18-20(25)6-7-22-23(25)9-12-26(2)24(22)10-13-27(26)19-30(4)28(32-27)14-16-29(3)17-15-28/h6,21-24H,7-19H2,1-5H3/p+2/t21-,22+,23-,24+,25-,26-,27-/m0/s1. The summed E-state index contributed by atoms with van der Waals surface area (Å²) in [4.78, 5) is 3.37. The summed E-state index contributed by atoms with van der Waals surface area (Å²) in [7, 11) is 6.71. The summed E-state index contributed by atoms with van der Waals surface area (Å²) >= 11 is 0. The first-order valence-corrected chi connectivity index (χ1v) is 13.8. The second kappa shape index (κ2) is 7.29. The topological polar surface area (TPSA) is 27.3 Å². The van der Waals surface area contributed by atoms with Crippen LogP contribution in [0.25, 0.3) is 0 Å². The van der Waals surface area contributed by atoms with Crippen molar-refractivity contribution in [3.8, 4) is 0 Å². The first-order valence-electron chi connectivity index (χ1n) is 13.8. The van der Waals surface area contributed by atoms with E-state index in [1.165, 1.54) is 83.8 Å². The summed E-state index contributed by atoms with van der Waals surface area (Å²) < 4.78 is 13.2. The van der Waals surface area contributed by atoms with Crippen molar-refractivity contribution < 1.29 is 19.3 Å². The van der Waals surface area contributed by atoms with Gasteiger partial charge < -0.3 is 19.3 Å². The Hall–Kier alpha value is -0.420. The van der Waals surface area contributed by atoms with E-state index in [2.05, 4.69) is 34.0 Å². The van der Waals surface area contributed by atoms with Crippen LogP contribution in [0.5, 0.6) is 0 Å². The lowest BCUT2D eigenvalue weighted by molar-refractivity contribution is -0.966. The van der Waals surface area contributed by atoms with E-state index in [0.717, 1.165) is 17.8 Å². The van der Waals surface area contributed by atoms with Gasteiger partial charge in [0, 0.05) is 12.5 Å². The molecular weight excluding hydrogens is 396 g/mol. The number of allylic oxidation sites excluding steroid dienone is 1. The van der Waals surface area contributed by atoms with Gasteiger partial charge in [-0.3, -0.25) is 0 Å². The quantitative estimate of drug-likeness (QED) is 0.607. The monoisotopic (exact) mass is 444 g/mol. The number of quaternary nitrogens is 2. The molecule has 5 fully saturated rings. The van der Waals surface area contributed by atoms with Gasteiger partial charge >= 0.3 is 0 Å². The fourth-order valence-corrected chi connectivity index (χ4v) is 10.1. The number of hydrogen-bond acceptors (Lipinski definition) is 2. The van der Waals surface area contributed by atoms with E-state index < -0.39 is 0 Å². The summed E-state index contributed by atoms with van der Waals surface area (Å²) in [5.74, 6) is 2.58. The van der Waals surface area contributed by atoms with E-state index in [-0.39, 0.29) is 11.3 Å². The van der Waals surface area contributed by atoms with Crippen LogP contribution in [0.4, 0.5) is 0 Å². The molecule has 0 aromatic carbocycles. The van der Waals surface area contributed by atoms with Gasteiger partial charge in [0.1, 0.15) is 12.1 Å². The van der Waals surface area contributed by atoms with E-state index in [4.69, 9.17) is 9.47 Å². The van der Waals surface area contributed by atoms with Gasteiger partial charge in [-0.1, -0.05) is 25.5 Å². The summed E-state index contributed by atoms with van der Waals surface area (Å²) in [6, 6.07) is 0. The average molecular weight is 445 g/mol. The van der Waals surface area contributed by atoms with Crippen molar-refractivity contribution in [2.45, 2.75) is 95.5 Å². The third kappa shape index (κ3) is 2.82. The van der Waals surface area contributed by atoms with Crippen molar-refractivity contribution in [3.05, 3.63) is 11.6 Å². The van der Waals surface area contributed by atoms with Crippen LogP contribution in [0.2, 0.25) is 0 Å². The molecule has 2 saturated heterocycles. The number of hydrogen-bond donors (Lipinski definition) is 2. The molecule has 2 heterocycles. The highest BCUT2D eigenvalue weighted by atomic mass is 16.6. The van der Waals surface area contributed by atoms with E-state index in [9.17, 15) is 0 Å². The summed E-state index contributed by atoms with van der Waals surface area (Å²) in [5.41, 5.74) is 2.74. The highest BCUT2D eigenvalue weighted by Crippen LogP contribution is 2.68. The molecule has 4 nitrogen and oxygen atoms in total. The molecule has 2 aliphatic heterocycles. The Labute approximate surface area is 196 Å². The fourth-order valence-electron chi connectivity index (χ4n) is 10.1. The Morgan fingerprint density at radius 1 is 0.969 bits per heavy atom. The summed E-state index contributed by atoms with van der Waals surface area (Å²) in [6.45, 7) is 9.06. The maximum Gasteiger partial charge on any atom is 0.213 e. The van der Waals surface area contributed by atoms with Crippen LogP contribution < -0.4 is 9.80 Å². The second-order valence-corrected chi connectivity index (χ2v) is 13.4. The van der Waals surface area contributed by atoms with Crippen molar-refractivity contribution in [2.75, 3.05) is 40.8 Å². The minimum absolute atomic E-state index is 0.0956. The van der Waals surface area contributed by atoms with Crippen molar-refractivity contribution in [1.29, 1.82) is 0 Å². The van der Waals surface area contributed by atoms with Gasteiger partial charge in [0.15, 0.2) is 0 Å². The molecule has 1 unspecified atom stereocenters. The molecule has 0 amide bonds. The van der Waals surface area contributed by atoms with Crippen molar-refractivity contribution in [2.24, 2.45) is 28.6 Å². The first-order chi connectivity index (χ1) is 15.3. The number of nitrogens with one attached hydrogen (secondary N) is 2. The van der Waals surface area contributed by atoms with Crippen LogP contribution >= 0.6 is 0 Å². The number of ether oxygens (including phenoxy) is 2. The average Bonchev–Trinajstić information content (AvgIpc) is 3.22. The molecule has 2 spiro atoms. The largest absolute Gasteiger partial charge is 0.381 e. The maximum atomic E-state index is 7.43. The van der Waals surface area contributed by atoms with E-state index in [1.54, 1.807) is 15.4 Å². The summed E-state index contributed by atoms with van der Waals surface area (Å²) in [6.07, 6.45) is 16.2. The van der Waals surface area contributed by atoms with Crippen LogP contribution in [0, 0.1) is 28.6 Å². The lowest BCUT2D eigenvalue weighted by Gasteiger charge is -2.59. The van der Waals surface area contributed by atoms with Crippen molar-refractivity contribution >= 4 is 0 Å². The normalized spacial score (nSPS) is 57.2. The molecule has 0 radical (unpaired) electrons. The van der Waals surface area contributed by atoms with Crippen molar-refractivity contribution in [1.82, 2.24) is 0 Å². The van der Waals surface area contributed by atoms with Crippen LogP contribution in [0.3, 0.4) is 0 Å². The van der Waals surface area contributed by atoms with E-state index in [1.807, 2.05) is 7.11 Å². The van der Waals surface area contributed by atoms with Gasteiger partial charge in [-0.2, -0.15) is 0 Å². The molecule has 3 saturated carbocycles. The summed E-state index contributed by atoms with van der Waals surface area (Å²) in [5, 5.41) is 0. The molecule has 32 heavy (non-hydrogen) atoms. The molecule has 6 rings (SSSR count). The van der Waals surface area contributed by atoms with E-state index in [0.29, 0.717) is 16.9 Å². The molecule has 4 heteroatoms. The smallest absolute Gasteiger partial charge is 0.213 e. The Balaban J connectivity index is 1.28. The third-order valence-corrected chi connectivity index (χ3v) is 12.3.